The molecule has 0 fully saturated rings. The Balaban J connectivity index is 1.42. The molecule has 5 nitrogen and oxygen atoms in total. The zero-order chi connectivity index (χ0) is 19.6. The fourth-order valence-corrected chi connectivity index (χ4v) is 2.69. The van der Waals surface area contributed by atoms with Gasteiger partial charge in [0.1, 0.15) is 0 Å². The summed E-state index contributed by atoms with van der Waals surface area (Å²) < 4.78 is 0. The lowest BCUT2D eigenvalue weighted by Crippen LogP contribution is -2.25. The summed E-state index contributed by atoms with van der Waals surface area (Å²) in [6.07, 6.45) is 0.525. The summed E-state index contributed by atoms with van der Waals surface area (Å²) in [5.41, 5.74) is 5.93. The zero-order valence-corrected chi connectivity index (χ0v) is 15.4. The number of rotatable bonds is 8. The zero-order valence-electron chi connectivity index (χ0n) is 15.4. The summed E-state index contributed by atoms with van der Waals surface area (Å²) >= 11 is 0. The largest absolute Gasteiger partial charge is 0.326 e. The van der Waals surface area contributed by atoms with Crippen molar-refractivity contribution in [1.29, 1.82) is 0 Å². The molecule has 0 atom stereocenters. The van der Waals surface area contributed by atoms with Crippen LogP contribution in [0.1, 0.15) is 16.7 Å². The molecular weight excluding hydrogens is 352 g/mol. The van der Waals surface area contributed by atoms with Crippen molar-refractivity contribution >= 4 is 17.5 Å². The van der Waals surface area contributed by atoms with Gasteiger partial charge < -0.3 is 5.32 Å². The normalized spacial score (nSPS) is 10.3. The first-order valence-electron chi connectivity index (χ1n) is 9.06. The Morgan fingerprint density at radius 3 is 1.82 bits per heavy atom. The Hall–Kier alpha value is -3.44. The molecule has 0 spiro atoms. The van der Waals surface area contributed by atoms with Gasteiger partial charge in [0.2, 0.25) is 11.8 Å². The van der Waals surface area contributed by atoms with Gasteiger partial charge in [-0.2, -0.15) is 0 Å². The van der Waals surface area contributed by atoms with Gasteiger partial charge >= 0.3 is 0 Å². The lowest BCUT2D eigenvalue weighted by Gasteiger charge is -2.08. The van der Waals surface area contributed by atoms with Crippen molar-refractivity contribution in [2.24, 2.45) is 0 Å². The van der Waals surface area contributed by atoms with Crippen LogP contribution in [0.3, 0.4) is 0 Å². The van der Waals surface area contributed by atoms with Crippen LogP contribution in [0.2, 0.25) is 0 Å². The van der Waals surface area contributed by atoms with E-state index in [9.17, 15) is 9.59 Å². The van der Waals surface area contributed by atoms with E-state index in [1.54, 1.807) is 12.1 Å². The molecule has 0 saturated carbocycles. The van der Waals surface area contributed by atoms with Gasteiger partial charge in [0.25, 0.3) is 0 Å². The highest BCUT2D eigenvalue weighted by atomic mass is 16.6. The third kappa shape index (κ3) is 6.37. The van der Waals surface area contributed by atoms with E-state index in [1.165, 1.54) is 0 Å². The van der Waals surface area contributed by atoms with Gasteiger partial charge in [-0.1, -0.05) is 72.8 Å². The van der Waals surface area contributed by atoms with Gasteiger partial charge in [0.15, 0.2) is 0 Å². The van der Waals surface area contributed by atoms with Gasteiger partial charge in [-0.3, -0.25) is 14.4 Å². The lowest BCUT2D eigenvalue weighted by molar-refractivity contribution is -0.133. The first-order valence-corrected chi connectivity index (χ1v) is 9.06. The molecule has 3 rings (SSSR count). The van der Waals surface area contributed by atoms with E-state index in [4.69, 9.17) is 4.84 Å². The van der Waals surface area contributed by atoms with Crippen LogP contribution in [0.4, 0.5) is 5.69 Å². The fraction of sp³-hybridized carbons (Fsp3) is 0.130. The van der Waals surface area contributed by atoms with Crippen LogP contribution in [-0.2, 0) is 33.9 Å². The van der Waals surface area contributed by atoms with Crippen LogP contribution in [0.15, 0.2) is 84.9 Å². The average Bonchev–Trinajstić information content (AvgIpc) is 2.71. The molecule has 5 heteroatoms. The summed E-state index contributed by atoms with van der Waals surface area (Å²) in [5.74, 6) is -0.303. The molecule has 3 aromatic rings. The van der Waals surface area contributed by atoms with Crippen molar-refractivity contribution in [2.45, 2.75) is 19.4 Å². The van der Waals surface area contributed by atoms with E-state index >= 15 is 0 Å². The minimum Gasteiger partial charge on any atom is -0.326 e. The summed E-state index contributed by atoms with van der Waals surface area (Å²) in [6, 6.07) is 26.4. The number of hydroxylamine groups is 1. The highest BCUT2D eigenvalue weighted by Crippen LogP contribution is 2.11. The lowest BCUT2D eigenvalue weighted by atomic mass is 10.1. The summed E-state index contributed by atoms with van der Waals surface area (Å²) in [4.78, 5) is 29.3. The van der Waals surface area contributed by atoms with Gasteiger partial charge in [-0.25, -0.2) is 5.48 Å². The van der Waals surface area contributed by atoms with Crippen LogP contribution in [0.5, 0.6) is 0 Å². The molecule has 142 valence electrons. The minimum atomic E-state index is -0.225. The molecule has 2 amide bonds. The second kappa shape index (κ2) is 10.0. The number of amides is 2. The van der Waals surface area contributed by atoms with Crippen molar-refractivity contribution < 1.29 is 14.4 Å². The number of hydrogen-bond acceptors (Lipinski definition) is 3. The van der Waals surface area contributed by atoms with Gasteiger partial charge in [-0.05, 0) is 28.8 Å². The van der Waals surface area contributed by atoms with Crippen molar-refractivity contribution in [3.05, 3.63) is 102 Å². The maximum atomic E-state index is 12.1. The number of anilines is 1. The quantitative estimate of drug-likeness (QED) is 0.592. The van der Waals surface area contributed by atoms with Crippen molar-refractivity contribution in [2.75, 3.05) is 5.32 Å². The van der Waals surface area contributed by atoms with E-state index in [0.717, 1.165) is 16.7 Å². The van der Waals surface area contributed by atoms with Crippen LogP contribution in [0, 0.1) is 0 Å². The van der Waals surface area contributed by atoms with Crippen LogP contribution in [0.25, 0.3) is 0 Å². The molecule has 0 heterocycles. The van der Waals surface area contributed by atoms with Crippen molar-refractivity contribution in [3.8, 4) is 0 Å². The molecular formula is C23H22N2O3. The number of nitrogens with one attached hydrogen (secondary N) is 2. The number of carbonyl (C=O) groups is 2. The standard InChI is InChI=1S/C23H22N2O3/c26-22(15-18-7-3-1-4-8-18)24-21-13-11-19(12-14-21)16-23(27)25-28-17-20-9-5-2-6-10-20/h1-14H,15-17H2,(H,24,26)(H,25,27). The first kappa shape index (κ1) is 19.3. The van der Waals surface area contributed by atoms with E-state index in [0.29, 0.717) is 18.7 Å². The molecule has 0 aliphatic heterocycles. The molecule has 3 aromatic carbocycles. The van der Waals surface area contributed by atoms with E-state index in [-0.39, 0.29) is 18.2 Å². The second-order valence-electron chi connectivity index (χ2n) is 6.38. The minimum absolute atomic E-state index is 0.0778. The molecule has 0 saturated heterocycles. The molecule has 0 aliphatic rings. The monoisotopic (exact) mass is 374 g/mol. The van der Waals surface area contributed by atoms with Crippen LogP contribution in [-0.4, -0.2) is 11.8 Å². The highest BCUT2D eigenvalue weighted by Gasteiger charge is 2.06. The third-order valence-corrected chi connectivity index (χ3v) is 4.08. The smallest absolute Gasteiger partial charge is 0.247 e. The first-order chi connectivity index (χ1) is 13.7. The topological polar surface area (TPSA) is 67.4 Å². The SMILES string of the molecule is O=C(Cc1ccc(NC(=O)Cc2ccccc2)cc1)NOCc1ccccc1. The second-order valence-corrected chi connectivity index (χ2v) is 6.38. The van der Waals surface area contributed by atoms with Crippen LogP contribution >= 0.6 is 0 Å². The summed E-state index contributed by atoms with van der Waals surface area (Å²) in [7, 11) is 0. The molecule has 28 heavy (non-hydrogen) atoms. The summed E-state index contributed by atoms with van der Waals surface area (Å²) in [6.45, 7) is 0.318. The predicted molar refractivity (Wildman–Crippen MR) is 108 cm³/mol. The van der Waals surface area contributed by atoms with Gasteiger partial charge in [-0.15, -0.1) is 0 Å². The molecule has 0 unspecified atom stereocenters. The molecule has 2 N–H and O–H groups in total. The van der Waals surface area contributed by atoms with E-state index in [1.807, 2.05) is 72.8 Å². The Kier molecular flexibility index (Phi) is 6.93. The maximum Gasteiger partial charge on any atom is 0.247 e. The van der Waals surface area contributed by atoms with Gasteiger partial charge in [0, 0.05) is 5.69 Å². The highest BCUT2D eigenvalue weighted by molar-refractivity contribution is 5.92. The fourth-order valence-electron chi connectivity index (χ4n) is 2.69. The van der Waals surface area contributed by atoms with Gasteiger partial charge in [0.05, 0.1) is 19.4 Å². The van der Waals surface area contributed by atoms with Crippen molar-refractivity contribution in [3.63, 3.8) is 0 Å². The van der Waals surface area contributed by atoms with E-state index in [2.05, 4.69) is 10.8 Å². The van der Waals surface area contributed by atoms with Crippen molar-refractivity contribution in [1.82, 2.24) is 5.48 Å². The Bertz CT molecular complexity index is 894. The Labute approximate surface area is 164 Å². The number of hydrogen-bond donors (Lipinski definition) is 2. The maximum absolute atomic E-state index is 12.1. The summed E-state index contributed by atoms with van der Waals surface area (Å²) in [5, 5.41) is 2.86. The third-order valence-electron chi connectivity index (χ3n) is 4.08. The molecule has 0 aliphatic carbocycles. The van der Waals surface area contributed by atoms with E-state index < -0.39 is 0 Å². The molecule has 0 bridgehead atoms. The van der Waals surface area contributed by atoms with Crippen LogP contribution < -0.4 is 10.8 Å². The number of carbonyl (C=O) groups excluding carboxylic acids is 2. The average molecular weight is 374 g/mol. The Morgan fingerprint density at radius 1 is 0.643 bits per heavy atom. The molecule has 0 radical (unpaired) electrons. The Morgan fingerprint density at radius 2 is 1.18 bits per heavy atom. The predicted octanol–water partition coefficient (Wildman–Crippen LogP) is 3.66. The molecule has 0 aromatic heterocycles. The number of benzene rings is 3.